The molecule has 0 fully saturated rings. The summed E-state index contributed by atoms with van der Waals surface area (Å²) >= 11 is 3.30. The lowest BCUT2D eigenvalue weighted by Gasteiger charge is -2.07. The van der Waals surface area contributed by atoms with Gasteiger partial charge in [-0.3, -0.25) is 4.79 Å². The number of nitrogens with zero attached hydrogens (tertiary/aromatic N) is 1. The molecule has 2 aromatic carbocycles. The number of carbonyl (C=O) groups excluding carboxylic acids is 1. The van der Waals surface area contributed by atoms with Crippen LogP contribution in [-0.4, -0.2) is 23.8 Å². The summed E-state index contributed by atoms with van der Waals surface area (Å²) < 4.78 is 6.21. The number of benzene rings is 2. The van der Waals surface area contributed by atoms with Crippen molar-refractivity contribution in [2.75, 3.05) is 6.61 Å². The summed E-state index contributed by atoms with van der Waals surface area (Å²) in [4.78, 5) is 11.7. The number of amides is 1. The minimum Gasteiger partial charge on any atom is -0.507 e. The maximum absolute atomic E-state index is 11.7. The average molecular weight is 377 g/mol. The third-order valence-electron chi connectivity index (χ3n) is 3.23. The van der Waals surface area contributed by atoms with Gasteiger partial charge in [0.2, 0.25) is 0 Å². The molecule has 0 radical (unpaired) electrons. The van der Waals surface area contributed by atoms with Crippen molar-refractivity contribution in [3.05, 3.63) is 57.6 Å². The first-order valence-electron chi connectivity index (χ1n) is 6.96. The van der Waals surface area contributed by atoms with Crippen molar-refractivity contribution in [3.63, 3.8) is 0 Å². The highest BCUT2D eigenvalue weighted by Crippen LogP contribution is 2.20. The Morgan fingerprint density at radius 2 is 2.04 bits per heavy atom. The van der Waals surface area contributed by atoms with Crippen LogP contribution in [0.1, 0.15) is 16.7 Å². The fraction of sp³-hybridized carbons (Fsp3) is 0.176. The van der Waals surface area contributed by atoms with Gasteiger partial charge >= 0.3 is 0 Å². The fourth-order valence-corrected chi connectivity index (χ4v) is 2.17. The van der Waals surface area contributed by atoms with E-state index in [0.29, 0.717) is 11.3 Å². The van der Waals surface area contributed by atoms with Crippen LogP contribution in [0.3, 0.4) is 0 Å². The number of hydrazone groups is 1. The molecule has 0 spiro atoms. The predicted molar refractivity (Wildman–Crippen MR) is 93.0 cm³/mol. The molecule has 6 heteroatoms. The fourth-order valence-electron chi connectivity index (χ4n) is 1.79. The first kappa shape index (κ1) is 17.0. The lowest BCUT2D eigenvalue weighted by Crippen LogP contribution is -2.24. The molecule has 0 aliphatic heterocycles. The van der Waals surface area contributed by atoms with E-state index in [1.165, 1.54) is 17.8 Å². The molecule has 2 rings (SSSR count). The number of aryl methyl sites for hydroxylation is 2. The molecular weight excluding hydrogens is 360 g/mol. The van der Waals surface area contributed by atoms with Gasteiger partial charge in [-0.25, -0.2) is 5.43 Å². The van der Waals surface area contributed by atoms with E-state index in [1.807, 2.05) is 32.0 Å². The zero-order valence-corrected chi connectivity index (χ0v) is 14.4. The molecule has 2 aromatic rings. The molecule has 0 unspecified atom stereocenters. The Hall–Kier alpha value is -2.34. The highest BCUT2D eigenvalue weighted by molar-refractivity contribution is 9.10. The van der Waals surface area contributed by atoms with Gasteiger partial charge in [0.1, 0.15) is 11.5 Å². The smallest absolute Gasteiger partial charge is 0.277 e. The van der Waals surface area contributed by atoms with Gasteiger partial charge in [0.05, 0.1) is 6.21 Å². The van der Waals surface area contributed by atoms with Crippen LogP contribution in [0.15, 0.2) is 46.0 Å². The van der Waals surface area contributed by atoms with Gasteiger partial charge in [0.25, 0.3) is 5.91 Å². The molecule has 5 nitrogen and oxygen atoms in total. The van der Waals surface area contributed by atoms with Crippen molar-refractivity contribution in [2.45, 2.75) is 13.8 Å². The van der Waals surface area contributed by atoms with Crippen molar-refractivity contribution in [2.24, 2.45) is 5.10 Å². The van der Waals surface area contributed by atoms with Crippen LogP contribution in [0.5, 0.6) is 11.5 Å². The Balaban J connectivity index is 1.86. The summed E-state index contributed by atoms with van der Waals surface area (Å²) in [5.41, 5.74) is 5.12. The second kappa shape index (κ2) is 7.78. The topological polar surface area (TPSA) is 70.9 Å². The molecule has 0 atom stereocenters. The number of nitrogens with one attached hydrogen (secondary N) is 1. The zero-order valence-electron chi connectivity index (χ0n) is 12.8. The third kappa shape index (κ3) is 5.10. The van der Waals surface area contributed by atoms with E-state index in [4.69, 9.17) is 4.74 Å². The van der Waals surface area contributed by atoms with Gasteiger partial charge in [0, 0.05) is 10.0 Å². The first-order valence-corrected chi connectivity index (χ1v) is 7.75. The minimum atomic E-state index is -0.381. The van der Waals surface area contributed by atoms with Crippen LogP contribution in [0.25, 0.3) is 0 Å². The lowest BCUT2D eigenvalue weighted by atomic mass is 10.1. The number of ether oxygens (including phenoxy) is 1. The number of rotatable bonds is 5. The quantitative estimate of drug-likeness (QED) is 0.621. The maximum Gasteiger partial charge on any atom is 0.277 e. The van der Waals surface area contributed by atoms with Gasteiger partial charge in [-0.1, -0.05) is 22.0 Å². The van der Waals surface area contributed by atoms with E-state index >= 15 is 0 Å². The second-order valence-electron chi connectivity index (χ2n) is 5.03. The van der Waals surface area contributed by atoms with E-state index in [0.717, 1.165) is 10.0 Å². The third-order valence-corrected chi connectivity index (χ3v) is 3.72. The molecule has 0 saturated heterocycles. The van der Waals surface area contributed by atoms with Gasteiger partial charge in [-0.15, -0.1) is 0 Å². The normalized spacial score (nSPS) is 10.7. The predicted octanol–water partition coefficient (Wildman–Crippen LogP) is 3.30. The molecule has 0 aliphatic carbocycles. The molecule has 0 heterocycles. The summed E-state index contributed by atoms with van der Waals surface area (Å²) in [5, 5.41) is 13.5. The van der Waals surface area contributed by atoms with Crippen LogP contribution < -0.4 is 10.2 Å². The summed E-state index contributed by atoms with van der Waals surface area (Å²) in [5.74, 6) is 0.336. The van der Waals surface area contributed by atoms with Crippen LogP contribution in [-0.2, 0) is 4.79 Å². The van der Waals surface area contributed by atoms with Crippen LogP contribution in [0.2, 0.25) is 0 Å². The summed E-state index contributed by atoms with van der Waals surface area (Å²) in [6.07, 6.45) is 1.37. The van der Waals surface area contributed by atoms with E-state index in [1.54, 1.807) is 12.1 Å². The Labute approximate surface area is 143 Å². The molecule has 2 N–H and O–H groups in total. The molecular formula is C17H17BrN2O3. The standard InChI is InChI=1S/C17H17BrN2O3/c1-11-3-5-15(7-12(11)2)23-10-17(22)20-19-9-13-8-14(18)4-6-16(13)21/h3-9,21H,10H2,1-2H3,(H,20,22). The number of hydrogen-bond acceptors (Lipinski definition) is 4. The Kier molecular flexibility index (Phi) is 5.76. The number of aromatic hydroxyl groups is 1. The molecule has 0 aliphatic rings. The van der Waals surface area contributed by atoms with E-state index < -0.39 is 0 Å². The van der Waals surface area contributed by atoms with Gasteiger partial charge in [-0.2, -0.15) is 5.10 Å². The molecule has 120 valence electrons. The number of hydrogen-bond donors (Lipinski definition) is 2. The van der Waals surface area contributed by atoms with Crippen LogP contribution in [0, 0.1) is 13.8 Å². The van der Waals surface area contributed by atoms with E-state index in [9.17, 15) is 9.90 Å². The first-order chi connectivity index (χ1) is 11.0. The SMILES string of the molecule is Cc1ccc(OCC(=O)NN=Cc2cc(Br)ccc2O)cc1C. The van der Waals surface area contributed by atoms with Crippen molar-refractivity contribution in [1.29, 1.82) is 0 Å². The van der Waals surface area contributed by atoms with Gasteiger partial charge < -0.3 is 9.84 Å². The summed E-state index contributed by atoms with van der Waals surface area (Å²) in [6.45, 7) is 3.86. The van der Waals surface area contributed by atoms with Gasteiger partial charge in [-0.05, 0) is 55.3 Å². The van der Waals surface area contributed by atoms with Crippen LogP contribution in [0.4, 0.5) is 0 Å². The number of halogens is 1. The molecule has 0 bridgehead atoms. The maximum atomic E-state index is 11.7. The molecule has 1 amide bonds. The highest BCUT2D eigenvalue weighted by atomic mass is 79.9. The number of phenols is 1. The van der Waals surface area contributed by atoms with E-state index in [2.05, 4.69) is 26.5 Å². The van der Waals surface area contributed by atoms with Crippen molar-refractivity contribution < 1.29 is 14.6 Å². The molecule has 23 heavy (non-hydrogen) atoms. The number of carbonyl (C=O) groups is 1. The zero-order chi connectivity index (χ0) is 16.8. The lowest BCUT2D eigenvalue weighted by molar-refractivity contribution is -0.123. The van der Waals surface area contributed by atoms with Crippen molar-refractivity contribution in [3.8, 4) is 11.5 Å². The highest BCUT2D eigenvalue weighted by Gasteiger charge is 2.03. The largest absolute Gasteiger partial charge is 0.507 e. The Morgan fingerprint density at radius 1 is 1.26 bits per heavy atom. The van der Waals surface area contributed by atoms with E-state index in [-0.39, 0.29) is 18.3 Å². The molecule has 0 aromatic heterocycles. The Morgan fingerprint density at radius 3 is 2.78 bits per heavy atom. The summed E-state index contributed by atoms with van der Waals surface area (Å²) in [7, 11) is 0. The average Bonchev–Trinajstić information content (AvgIpc) is 2.52. The Bertz CT molecular complexity index is 745. The minimum absolute atomic E-state index is 0.0811. The number of phenolic OH excluding ortho intramolecular Hbond substituents is 1. The summed E-state index contributed by atoms with van der Waals surface area (Å²) in [6, 6.07) is 10.6. The monoisotopic (exact) mass is 376 g/mol. The molecule has 0 saturated carbocycles. The van der Waals surface area contributed by atoms with Crippen molar-refractivity contribution in [1.82, 2.24) is 5.43 Å². The second-order valence-corrected chi connectivity index (χ2v) is 5.95. The van der Waals surface area contributed by atoms with Crippen LogP contribution >= 0.6 is 15.9 Å². The van der Waals surface area contributed by atoms with Crippen molar-refractivity contribution >= 4 is 28.1 Å². The van der Waals surface area contributed by atoms with Gasteiger partial charge in [0.15, 0.2) is 6.61 Å².